The van der Waals surface area contributed by atoms with E-state index in [-0.39, 0.29) is 5.91 Å². The van der Waals surface area contributed by atoms with E-state index >= 15 is 0 Å². The van der Waals surface area contributed by atoms with Gasteiger partial charge in [-0.1, -0.05) is 42.5 Å². The molecule has 0 bridgehead atoms. The van der Waals surface area contributed by atoms with Crippen LogP contribution in [0.5, 0.6) is 11.5 Å². The van der Waals surface area contributed by atoms with Gasteiger partial charge >= 0.3 is 0 Å². The summed E-state index contributed by atoms with van der Waals surface area (Å²) in [6.45, 7) is 2.95. The first-order valence-corrected chi connectivity index (χ1v) is 10.8. The van der Waals surface area contributed by atoms with Crippen molar-refractivity contribution in [2.45, 2.75) is 0 Å². The van der Waals surface area contributed by atoms with Crippen molar-refractivity contribution in [1.82, 2.24) is 4.90 Å². The molecule has 5 nitrogen and oxygen atoms in total. The van der Waals surface area contributed by atoms with Gasteiger partial charge in [0.25, 0.3) is 5.91 Å². The number of hydrogen-bond acceptors (Lipinski definition) is 4. The molecule has 0 atom stereocenters. The Labute approximate surface area is 189 Å². The minimum atomic E-state index is 0.0569. The number of carbonyl (C=O) groups is 1. The number of piperazine rings is 1. The van der Waals surface area contributed by atoms with E-state index in [1.54, 1.807) is 14.2 Å². The fourth-order valence-corrected chi connectivity index (χ4v) is 3.88. The lowest BCUT2D eigenvalue weighted by molar-refractivity contribution is -0.125. The second-order valence-electron chi connectivity index (χ2n) is 7.67. The average Bonchev–Trinajstić information content (AvgIpc) is 2.88. The molecule has 1 amide bonds. The normalized spacial score (nSPS) is 14.2. The predicted molar refractivity (Wildman–Crippen MR) is 129 cm³/mol. The Kier molecular flexibility index (Phi) is 6.75. The van der Waals surface area contributed by atoms with Crippen LogP contribution in [0.1, 0.15) is 11.1 Å². The SMILES string of the molecule is COc1ccc(/C=C(/C(=O)N2CCN(c3ccc(OC)cc3)CC2)c2ccccc2)cc1. The number of methoxy groups -OCH3 is 2. The fourth-order valence-electron chi connectivity index (χ4n) is 3.88. The van der Waals surface area contributed by atoms with Gasteiger partial charge in [-0.15, -0.1) is 0 Å². The van der Waals surface area contributed by atoms with Gasteiger partial charge in [0.1, 0.15) is 11.5 Å². The van der Waals surface area contributed by atoms with Crippen molar-refractivity contribution in [2.24, 2.45) is 0 Å². The number of amides is 1. The van der Waals surface area contributed by atoms with Gasteiger partial charge in [-0.25, -0.2) is 0 Å². The van der Waals surface area contributed by atoms with Crippen LogP contribution in [0.25, 0.3) is 11.6 Å². The number of hydrogen-bond donors (Lipinski definition) is 0. The zero-order valence-electron chi connectivity index (χ0n) is 18.5. The van der Waals surface area contributed by atoms with Crippen molar-refractivity contribution in [3.05, 3.63) is 90.0 Å². The van der Waals surface area contributed by atoms with E-state index < -0.39 is 0 Å². The van der Waals surface area contributed by atoms with Gasteiger partial charge in [-0.2, -0.15) is 0 Å². The molecule has 0 spiro atoms. The molecule has 3 aromatic carbocycles. The number of nitrogens with zero attached hydrogens (tertiary/aromatic N) is 2. The third-order valence-electron chi connectivity index (χ3n) is 5.75. The molecule has 1 saturated heterocycles. The lowest BCUT2D eigenvalue weighted by Gasteiger charge is -2.36. The molecule has 5 heteroatoms. The van der Waals surface area contributed by atoms with Gasteiger partial charge in [0, 0.05) is 37.4 Å². The molecule has 4 rings (SSSR count). The van der Waals surface area contributed by atoms with Crippen molar-refractivity contribution in [3.63, 3.8) is 0 Å². The number of rotatable bonds is 6. The molecule has 0 saturated carbocycles. The zero-order chi connectivity index (χ0) is 22.3. The zero-order valence-corrected chi connectivity index (χ0v) is 18.5. The van der Waals surface area contributed by atoms with Crippen LogP contribution in [0.3, 0.4) is 0 Å². The highest BCUT2D eigenvalue weighted by atomic mass is 16.5. The number of ether oxygens (including phenoxy) is 2. The van der Waals surface area contributed by atoms with E-state index in [0.717, 1.165) is 41.4 Å². The first kappa shape index (κ1) is 21.5. The smallest absolute Gasteiger partial charge is 0.254 e. The minimum absolute atomic E-state index is 0.0569. The summed E-state index contributed by atoms with van der Waals surface area (Å²) in [5.74, 6) is 1.70. The molecule has 1 fully saturated rings. The summed E-state index contributed by atoms with van der Waals surface area (Å²) in [5, 5.41) is 0. The van der Waals surface area contributed by atoms with E-state index in [1.807, 2.05) is 77.7 Å². The Morgan fingerprint density at radius 2 is 1.31 bits per heavy atom. The van der Waals surface area contributed by atoms with Crippen molar-refractivity contribution in [2.75, 3.05) is 45.3 Å². The highest BCUT2D eigenvalue weighted by Gasteiger charge is 2.24. The quantitative estimate of drug-likeness (QED) is 0.425. The van der Waals surface area contributed by atoms with Crippen LogP contribution in [0.2, 0.25) is 0 Å². The number of benzene rings is 3. The first-order valence-electron chi connectivity index (χ1n) is 10.8. The Hall–Kier alpha value is -3.73. The first-order chi connectivity index (χ1) is 15.7. The second kappa shape index (κ2) is 10.1. The van der Waals surface area contributed by atoms with Gasteiger partial charge in [-0.05, 0) is 53.6 Å². The van der Waals surface area contributed by atoms with Crippen LogP contribution in [-0.4, -0.2) is 51.2 Å². The summed E-state index contributed by atoms with van der Waals surface area (Å²) in [6, 6.07) is 25.7. The number of anilines is 1. The molecule has 0 N–H and O–H groups in total. The van der Waals surface area contributed by atoms with Gasteiger partial charge < -0.3 is 19.3 Å². The molecule has 164 valence electrons. The van der Waals surface area contributed by atoms with Gasteiger partial charge in [0.2, 0.25) is 0 Å². The lowest BCUT2D eigenvalue weighted by atomic mass is 10.0. The highest BCUT2D eigenvalue weighted by Crippen LogP contribution is 2.25. The summed E-state index contributed by atoms with van der Waals surface area (Å²) in [4.78, 5) is 17.8. The monoisotopic (exact) mass is 428 g/mol. The van der Waals surface area contributed by atoms with E-state index in [1.165, 1.54) is 0 Å². The predicted octanol–water partition coefficient (Wildman–Crippen LogP) is 4.59. The van der Waals surface area contributed by atoms with Crippen molar-refractivity contribution in [1.29, 1.82) is 0 Å². The van der Waals surface area contributed by atoms with Gasteiger partial charge in [0.15, 0.2) is 0 Å². The number of carbonyl (C=O) groups excluding carboxylic acids is 1. The van der Waals surface area contributed by atoms with Crippen molar-refractivity contribution < 1.29 is 14.3 Å². The maximum absolute atomic E-state index is 13.6. The second-order valence-corrected chi connectivity index (χ2v) is 7.67. The fraction of sp³-hybridized carbons (Fsp3) is 0.222. The third kappa shape index (κ3) is 4.94. The Morgan fingerprint density at radius 1 is 0.750 bits per heavy atom. The lowest BCUT2D eigenvalue weighted by Crippen LogP contribution is -2.49. The Balaban J connectivity index is 1.51. The summed E-state index contributed by atoms with van der Waals surface area (Å²) >= 11 is 0. The molecule has 32 heavy (non-hydrogen) atoms. The molecular weight excluding hydrogens is 400 g/mol. The van der Waals surface area contributed by atoms with Crippen LogP contribution in [-0.2, 0) is 4.79 Å². The minimum Gasteiger partial charge on any atom is -0.497 e. The van der Waals surface area contributed by atoms with Crippen LogP contribution < -0.4 is 14.4 Å². The maximum atomic E-state index is 13.6. The van der Waals surface area contributed by atoms with E-state index in [0.29, 0.717) is 18.7 Å². The Morgan fingerprint density at radius 3 is 1.88 bits per heavy atom. The van der Waals surface area contributed by atoms with Gasteiger partial charge in [0.05, 0.1) is 14.2 Å². The topological polar surface area (TPSA) is 42.0 Å². The molecule has 0 aliphatic carbocycles. The van der Waals surface area contributed by atoms with Crippen LogP contribution in [0.15, 0.2) is 78.9 Å². The van der Waals surface area contributed by atoms with Crippen LogP contribution in [0.4, 0.5) is 5.69 Å². The molecule has 1 aliphatic rings. The maximum Gasteiger partial charge on any atom is 0.254 e. The average molecular weight is 429 g/mol. The molecule has 0 aromatic heterocycles. The van der Waals surface area contributed by atoms with E-state index in [4.69, 9.17) is 9.47 Å². The highest BCUT2D eigenvalue weighted by molar-refractivity contribution is 6.24. The van der Waals surface area contributed by atoms with Gasteiger partial charge in [-0.3, -0.25) is 4.79 Å². The Bertz CT molecular complexity index is 1050. The molecule has 0 unspecified atom stereocenters. The van der Waals surface area contributed by atoms with Crippen molar-refractivity contribution in [3.8, 4) is 11.5 Å². The summed E-state index contributed by atoms with van der Waals surface area (Å²) in [7, 11) is 3.32. The molecular formula is C27H28N2O3. The molecule has 3 aromatic rings. The largest absolute Gasteiger partial charge is 0.497 e. The molecule has 1 heterocycles. The third-order valence-corrected chi connectivity index (χ3v) is 5.75. The van der Waals surface area contributed by atoms with E-state index in [9.17, 15) is 4.79 Å². The molecule has 1 aliphatic heterocycles. The van der Waals surface area contributed by atoms with Crippen LogP contribution in [0, 0.1) is 0 Å². The summed E-state index contributed by atoms with van der Waals surface area (Å²) in [5.41, 5.74) is 3.74. The van der Waals surface area contributed by atoms with E-state index in [2.05, 4.69) is 17.0 Å². The summed E-state index contributed by atoms with van der Waals surface area (Å²) in [6.07, 6.45) is 1.97. The summed E-state index contributed by atoms with van der Waals surface area (Å²) < 4.78 is 10.5. The van der Waals surface area contributed by atoms with Crippen molar-refractivity contribution >= 4 is 23.2 Å². The van der Waals surface area contributed by atoms with Crippen LogP contribution >= 0.6 is 0 Å². The molecule has 0 radical (unpaired) electrons. The standard InChI is InChI=1S/C27H28N2O3/c1-31-24-12-8-21(9-13-24)20-26(22-6-4-3-5-7-22)27(30)29-18-16-28(17-19-29)23-10-14-25(32-2)15-11-23/h3-15,20H,16-19H2,1-2H3/b26-20+.